The van der Waals surface area contributed by atoms with Crippen LogP contribution in [0, 0.1) is 11.8 Å². The second kappa shape index (κ2) is 10.9. The fourth-order valence-corrected chi connectivity index (χ4v) is 7.54. The zero-order valence-electron chi connectivity index (χ0n) is 24.6. The molecule has 4 aromatic carbocycles. The van der Waals surface area contributed by atoms with Gasteiger partial charge in [-0.25, -0.2) is 9.69 Å². The number of anilines is 2. The molecule has 2 bridgehead atoms. The molecule has 1 heterocycles. The Balaban J connectivity index is 1.16. The van der Waals surface area contributed by atoms with E-state index in [1.54, 1.807) is 18.2 Å². The van der Waals surface area contributed by atoms with Crippen molar-refractivity contribution in [3.05, 3.63) is 130 Å². The highest BCUT2D eigenvalue weighted by atomic mass is 16.5. The van der Waals surface area contributed by atoms with E-state index in [1.165, 1.54) is 11.0 Å². The van der Waals surface area contributed by atoms with Gasteiger partial charge in [0.1, 0.15) is 0 Å². The van der Waals surface area contributed by atoms with Gasteiger partial charge in [0, 0.05) is 17.5 Å². The number of benzene rings is 4. The molecule has 2 atom stereocenters. The lowest BCUT2D eigenvalue weighted by Gasteiger charge is -2.45. The molecule has 0 unspecified atom stereocenters. The third kappa shape index (κ3) is 4.18. The number of rotatable bonds is 7. The molecule has 220 valence electrons. The molecule has 8 rings (SSSR count). The van der Waals surface area contributed by atoms with Gasteiger partial charge < -0.3 is 10.1 Å². The maximum absolute atomic E-state index is 14.2. The summed E-state index contributed by atoms with van der Waals surface area (Å²) >= 11 is 0. The maximum Gasteiger partial charge on any atom is 0.340 e. The number of carbonyl (C=O) groups excluding carboxylic acids is 4. The lowest BCUT2D eigenvalue weighted by Crippen LogP contribution is -2.41. The van der Waals surface area contributed by atoms with E-state index in [4.69, 9.17) is 4.74 Å². The van der Waals surface area contributed by atoms with Gasteiger partial charge in [-0.2, -0.15) is 0 Å². The normalized spacial score (nSPS) is 21.0. The largest absolute Gasteiger partial charge is 0.452 e. The van der Waals surface area contributed by atoms with Crippen LogP contribution < -0.4 is 10.2 Å². The molecule has 0 radical (unpaired) electrons. The molecule has 4 aromatic rings. The Hall–Kier alpha value is -5.04. The summed E-state index contributed by atoms with van der Waals surface area (Å²) in [5.74, 6) is -3.52. The van der Waals surface area contributed by atoms with E-state index in [0.29, 0.717) is 0 Å². The summed E-state index contributed by atoms with van der Waals surface area (Å²) in [4.78, 5) is 55.9. The highest BCUT2D eigenvalue weighted by Crippen LogP contribution is 2.61. The van der Waals surface area contributed by atoms with Crippen LogP contribution in [0.2, 0.25) is 0 Å². The monoisotopic (exact) mass is 584 g/mol. The van der Waals surface area contributed by atoms with E-state index in [-0.39, 0.29) is 34.9 Å². The van der Waals surface area contributed by atoms with Crippen molar-refractivity contribution in [1.82, 2.24) is 0 Å². The Kier molecular flexibility index (Phi) is 6.88. The number of esters is 1. The molecule has 7 nitrogen and oxygen atoms in total. The van der Waals surface area contributed by atoms with E-state index in [9.17, 15) is 19.2 Å². The first-order valence-electron chi connectivity index (χ1n) is 15.2. The first kappa shape index (κ1) is 27.8. The second-order valence-electron chi connectivity index (χ2n) is 11.6. The molecule has 1 N–H and O–H groups in total. The number of nitrogens with one attached hydrogen (secondary N) is 1. The van der Waals surface area contributed by atoms with Crippen molar-refractivity contribution < 1.29 is 23.9 Å². The Morgan fingerprint density at radius 2 is 1.16 bits per heavy atom. The number of carbonyl (C=O) groups is 4. The molecule has 0 saturated carbocycles. The average molecular weight is 585 g/mol. The van der Waals surface area contributed by atoms with Crippen LogP contribution in [0.4, 0.5) is 11.4 Å². The summed E-state index contributed by atoms with van der Waals surface area (Å²) in [7, 11) is 0. The number of para-hydroxylation sites is 2. The minimum Gasteiger partial charge on any atom is -0.452 e. The quantitative estimate of drug-likeness (QED) is 0.212. The van der Waals surface area contributed by atoms with Gasteiger partial charge in [0.15, 0.2) is 6.61 Å². The second-order valence-corrected chi connectivity index (χ2v) is 11.6. The van der Waals surface area contributed by atoms with Gasteiger partial charge in [0.2, 0.25) is 11.8 Å². The highest BCUT2D eigenvalue weighted by molar-refractivity contribution is 6.25. The number of hydrogen-bond donors (Lipinski definition) is 1. The van der Waals surface area contributed by atoms with Crippen LogP contribution in [-0.4, -0.2) is 30.3 Å². The zero-order chi connectivity index (χ0) is 30.5. The molecule has 44 heavy (non-hydrogen) atoms. The number of hydrogen-bond acceptors (Lipinski definition) is 5. The fourth-order valence-electron chi connectivity index (χ4n) is 7.54. The standard InChI is InChI=1S/C37H32N2O5/c1-3-21-12-11-13-22(4-2)34(21)38-29(40)20-44-37(43)27-18-9-10-19-28(27)39-35(41)32-30-23-14-5-6-15-24(23)31(33(32)36(39)42)26-17-8-7-16-25(26)30/h5-19,30-33H,3-4,20H2,1-2H3,(H,38,40)/t30?,31?,32-,33+. The van der Waals surface area contributed by atoms with E-state index < -0.39 is 30.3 Å². The zero-order valence-corrected chi connectivity index (χ0v) is 24.6. The Morgan fingerprint density at radius 1 is 0.682 bits per heavy atom. The predicted octanol–water partition coefficient (Wildman–Crippen LogP) is 6.00. The lowest BCUT2D eigenvalue weighted by molar-refractivity contribution is -0.122. The molecular weight excluding hydrogens is 552 g/mol. The fraction of sp³-hybridized carbons (Fsp3) is 0.243. The Morgan fingerprint density at radius 3 is 1.66 bits per heavy atom. The molecule has 7 heteroatoms. The molecule has 1 aliphatic heterocycles. The maximum atomic E-state index is 14.2. The van der Waals surface area contributed by atoms with Crippen molar-refractivity contribution in [2.75, 3.05) is 16.8 Å². The number of aryl methyl sites for hydroxylation is 2. The average Bonchev–Trinajstić information content (AvgIpc) is 3.33. The molecule has 0 spiro atoms. The number of imide groups is 1. The van der Waals surface area contributed by atoms with Gasteiger partial charge in [-0.05, 0) is 58.4 Å². The molecule has 3 aliphatic carbocycles. The summed E-state index contributed by atoms with van der Waals surface area (Å²) in [6, 6.07) is 28.5. The summed E-state index contributed by atoms with van der Waals surface area (Å²) in [5.41, 5.74) is 7.30. The Labute approximate surface area is 255 Å². The number of nitrogens with zero attached hydrogens (tertiary/aromatic N) is 1. The lowest BCUT2D eigenvalue weighted by atomic mass is 9.55. The van der Waals surface area contributed by atoms with Gasteiger partial charge in [-0.15, -0.1) is 0 Å². The summed E-state index contributed by atoms with van der Waals surface area (Å²) in [6.45, 7) is 3.53. The van der Waals surface area contributed by atoms with Crippen molar-refractivity contribution in [2.24, 2.45) is 11.8 Å². The minimum atomic E-state index is -0.778. The summed E-state index contributed by atoms with van der Waals surface area (Å²) in [5, 5.41) is 2.90. The summed E-state index contributed by atoms with van der Waals surface area (Å²) in [6.07, 6.45) is 1.49. The van der Waals surface area contributed by atoms with Crippen LogP contribution in [0.15, 0.2) is 91.0 Å². The number of amides is 3. The Bertz CT molecular complexity index is 1710. The molecule has 4 aliphatic rings. The summed E-state index contributed by atoms with van der Waals surface area (Å²) < 4.78 is 5.45. The predicted molar refractivity (Wildman–Crippen MR) is 167 cm³/mol. The highest BCUT2D eigenvalue weighted by Gasteiger charge is 2.62. The van der Waals surface area contributed by atoms with E-state index in [0.717, 1.165) is 51.9 Å². The van der Waals surface area contributed by atoms with Gasteiger partial charge in [0.25, 0.3) is 5.91 Å². The van der Waals surface area contributed by atoms with E-state index >= 15 is 0 Å². The van der Waals surface area contributed by atoms with Crippen LogP contribution in [-0.2, 0) is 32.0 Å². The van der Waals surface area contributed by atoms with Gasteiger partial charge in [-0.1, -0.05) is 92.7 Å². The van der Waals surface area contributed by atoms with E-state index in [2.05, 4.69) is 29.6 Å². The minimum absolute atomic E-state index is 0.0613. The molecule has 0 aromatic heterocycles. The first-order valence-corrected chi connectivity index (χ1v) is 15.2. The van der Waals surface area contributed by atoms with Gasteiger partial charge in [-0.3, -0.25) is 14.4 Å². The van der Waals surface area contributed by atoms with Crippen LogP contribution in [0.25, 0.3) is 0 Å². The van der Waals surface area contributed by atoms with Crippen molar-refractivity contribution in [1.29, 1.82) is 0 Å². The van der Waals surface area contributed by atoms with Crippen LogP contribution in [0.1, 0.15) is 69.4 Å². The SMILES string of the molecule is CCc1cccc(CC)c1NC(=O)COC(=O)c1ccccc1N1C(=O)[C@@H]2C3c4ccccc4C(c4ccccc43)[C@@H]2C1=O. The van der Waals surface area contributed by atoms with Crippen molar-refractivity contribution in [3.63, 3.8) is 0 Å². The molecular formula is C37H32N2O5. The van der Waals surface area contributed by atoms with Crippen LogP contribution in [0.3, 0.4) is 0 Å². The van der Waals surface area contributed by atoms with Crippen molar-refractivity contribution >= 4 is 35.1 Å². The third-order valence-electron chi connectivity index (χ3n) is 9.41. The van der Waals surface area contributed by atoms with Gasteiger partial charge >= 0.3 is 5.97 Å². The third-order valence-corrected chi connectivity index (χ3v) is 9.41. The molecule has 1 saturated heterocycles. The molecule has 3 amide bonds. The van der Waals surface area contributed by atoms with E-state index in [1.807, 2.05) is 56.3 Å². The smallest absolute Gasteiger partial charge is 0.340 e. The van der Waals surface area contributed by atoms with Crippen LogP contribution in [0.5, 0.6) is 0 Å². The van der Waals surface area contributed by atoms with Crippen molar-refractivity contribution in [2.45, 2.75) is 38.5 Å². The number of ether oxygens (including phenoxy) is 1. The van der Waals surface area contributed by atoms with Gasteiger partial charge in [0.05, 0.1) is 23.1 Å². The topological polar surface area (TPSA) is 92.8 Å². The van der Waals surface area contributed by atoms with Crippen LogP contribution >= 0.6 is 0 Å². The molecule has 1 fully saturated rings. The van der Waals surface area contributed by atoms with Crippen molar-refractivity contribution in [3.8, 4) is 0 Å². The first-order chi connectivity index (χ1) is 21.4.